The lowest BCUT2D eigenvalue weighted by molar-refractivity contribution is -0.130. The molecule has 262 valence electrons. The molecule has 11 nitrogen and oxygen atoms in total. The summed E-state index contributed by atoms with van der Waals surface area (Å²) in [7, 11) is 1.59. The SMILES string of the molecule is COc1cccc([C@@H]2OC(c3ccc(OCCCO)cc3)=N[C@]2(Cc2ccccc2CN=[N+]=[N-])C(=O)NNC2c3ccccc3-c3ccccc32)c1. The molecule has 0 saturated heterocycles. The standard InChI is InChI=1S/C41H38N6O5/c1-50-32-13-8-12-28(24-32)38-41(25-29-10-2-3-11-30(29)26-43-47-42,44-39(52-38)27-18-20-31(21-19-27)51-23-9-22-48)40(49)46-45-37-35-16-6-4-14-33(35)34-15-5-7-17-36(34)37/h2-8,10-21,24,37-38,45,48H,9,22-23,25-26H2,1H3,(H,46,49)/t38-,41-/m0/s1. The fourth-order valence-electron chi connectivity index (χ4n) is 6.93. The Morgan fingerprint density at radius 2 is 1.60 bits per heavy atom. The second-order valence-electron chi connectivity index (χ2n) is 12.6. The molecular weight excluding hydrogens is 656 g/mol. The molecule has 0 saturated carbocycles. The van der Waals surface area contributed by atoms with Gasteiger partial charge in [0.15, 0.2) is 11.6 Å². The first-order chi connectivity index (χ1) is 25.5. The molecule has 3 N–H and O–H groups in total. The van der Waals surface area contributed by atoms with Gasteiger partial charge >= 0.3 is 0 Å². The number of amides is 1. The van der Waals surface area contributed by atoms with Crippen molar-refractivity contribution >= 4 is 11.8 Å². The summed E-state index contributed by atoms with van der Waals surface area (Å²) >= 11 is 0. The van der Waals surface area contributed by atoms with E-state index in [0.29, 0.717) is 35.7 Å². The zero-order valence-electron chi connectivity index (χ0n) is 28.6. The molecule has 1 aliphatic carbocycles. The van der Waals surface area contributed by atoms with E-state index in [2.05, 4.69) is 45.1 Å². The third-order valence-corrected chi connectivity index (χ3v) is 9.47. The minimum atomic E-state index is -1.53. The highest BCUT2D eigenvalue weighted by atomic mass is 16.5. The van der Waals surface area contributed by atoms with Crippen molar-refractivity contribution in [2.45, 2.75) is 37.1 Å². The minimum absolute atomic E-state index is 0.0408. The third kappa shape index (κ3) is 6.80. The Morgan fingerprint density at radius 1 is 0.904 bits per heavy atom. The molecule has 1 heterocycles. The second-order valence-corrected chi connectivity index (χ2v) is 12.6. The van der Waals surface area contributed by atoms with Gasteiger partial charge in [-0.25, -0.2) is 10.4 Å². The van der Waals surface area contributed by atoms with Gasteiger partial charge in [0.2, 0.25) is 5.90 Å². The van der Waals surface area contributed by atoms with E-state index >= 15 is 4.79 Å². The molecule has 52 heavy (non-hydrogen) atoms. The van der Waals surface area contributed by atoms with Gasteiger partial charge in [-0.15, -0.1) is 0 Å². The van der Waals surface area contributed by atoms with Crippen LogP contribution in [-0.2, 0) is 22.5 Å². The lowest BCUT2D eigenvalue weighted by atomic mass is 9.81. The number of aliphatic hydroxyl groups is 1. The fraction of sp³-hybridized carbons (Fsp3) is 0.220. The molecule has 0 bridgehead atoms. The molecule has 5 aromatic carbocycles. The van der Waals surface area contributed by atoms with Crippen LogP contribution in [0, 0.1) is 0 Å². The average Bonchev–Trinajstić information content (AvgIpc) is 3.74. The maximum atomic E-state index is 15.1. The highest BCUT2D eigenvalue weighted by molar-refractivity contribution is 6.01. The quantitative estimate of drug-likeness (QED) is 0.0369. The monoisotopic (exact) mass is 694 g/mol. The summed E-state index contributed by atoms with van der Waals surface area (Å²) in [5.41, 5.74) is 21.3. The lowest BCUT2D eigenvalue weighted by Crippen LogP contribution is -2.54. The van der Waals surface area contributed by atoms with Gasteiger partial charge in [-0.2, -0.15) is 0 Å². The Kier molecular flexibility index (Phi) is 10.2. The number of ether oxygens (including phenoxy) is 3. The lowest BCUT2D eigenvalue weighted by Gasteiger charge is -2.32. The molecule has 11 heteroatoms. The van der Waals surface area contributed by atoms with Crippen molar-refractivity contribution in [3.8, 4) is 22.6 Å². The topological polar surface area (TPSA) is 150 Å². The fourth-order valence-corrected chi connectivity index (χ4v) is 6.93. The molecule has 0 aromatic heterocycles. The summed E-state index contributed by atoms with van der Waals surface area (Å²) in [6.07, 6.45) is -0.232. The van der Waals surface area contributed by atoms with Crippen LogP contribution in [0.5, 0.6) is 11.5 Å². The van der Waals surface area contributed by atoms with Crippen molar-refractivity contribution in [3.63, 3.8) is 0 Å². The van der Waals surface area contributed by atoms with Crippen LogP contribution in [0.4, 0.5) is 0 Å². The van der Waals surface area contributed by atoms with Crippen molar-refractivity contribution < 1.29 is 24.1 Å². The van der Waals surface area contributed by atoms with Crippen LogP contribution in [0.2, 0.25) is 0 Å². The van der Waals surface area contributed by atoms with E-state index in [4.69, 9.17) is 29.8 Å². The maximum absolute atomic E-state index is 15.1. The van der Waals surface area contributed by atoms with Crippen molar-refractivity contribution in [2.75, 3.05) is 20.3 Å². The number of fused-ring (bicyclic) bond motifs is 3. The molecule has 2 atom stereocenters. The molecule has 1 aliphatic heterocycles. The van der Waals surface area contributed by atoms with Gasteiger partial charge in [0, 0.05) is 29.9 Å². The number of azide groups is 1. The number of nitrogens with one attached hydrogen (secondary N) is 2. The van der Waals surface area contributed by atoms with Crippen LogP contribution < -0.4 is 20.3 Å². The number of hydrogen-bond donors (Lipinski definition) is 3. The Balaban J connectivity index is 1.32. The average molecular weight is 695 g/mol. The first-order valence-corrected chi connectivity index (χ1v) is 17.1. The smallest absolute Gasteiger partial charge is 0.266 e. The third-order valence-electron chi connectivity index (χ3n) is 9.47. The van der Waals surface area contributed by atoms with Gasteiger partial charge < -0.3 is 19.3 Å². The van der Waals surface area contributed by atoms with E-state index in [9.17, 15) is 0 Å². The van der Waals surface area contributed by atoms with Gasteiger partial charge in [0.05, 0.1) is 26.3 Å². The highest BCUT2D eigenvalue weighted by Crippen LogP contribution is 2.45. The van der Waals surface area contributed by atoms with Crippen molar-refractivity contribution in [3.05, 3.63) is 165 Å². The van der Waals surface area contributed by atoms with E-state index in [1.807, 2.05) is 97.1 Å². The predicted molar refractivity (Wildman–Crippen MR) is 198 cm³/mol. The van der Waals surface area contributed by atoms with Crippen molar-refractivity contribution in [2.24, 2.45) is 10.1 Å². The van der Waals surface area contributed by atoms with Crippen LogP contribution in [0.1, 0.15) is 51.9 Å². The predicted octanol–water partition coefficient (Wildman–Crippen LogP) is 7.16. The molecule has 0 fully saturated rings. The number of nitrogens with zero attached hydrogens (tertiary/aromatic N) is 4. The number of aliphatic hydroxyl groups excluding tert-OH is 1. The molecule has 1 amide bonds. The molecule has 7 rings (SSSR count). The number of hydrogen-bond acceptors (Lipinski definition) is 8. The summed E-state index contributed by atoms with van der Waals surface area (Å²) in [5, 5.41) is 13.0. The van der Waals surface area contributed by atoms with Crippen molar-refractivity contribution in [1.29, 1.82) is 0 Å². The molecule has 0 unspecified atom stereocenters. The number of carbonyl (C=O) groups is 1. The van der Waals surface area contributed by atoms with Gasteiger partial charge in [-0.1, -0.05) is 90.0 Å². The molecule has 0 spiro atoms. The largest absolute Gasteiger partial charge is 0.497 e. The summed E-state index contributed by atoms with van der Waals surface area (Å²) in [6.45, 7) is 0.531. The Hall–Kier alpha value is -6.13. The normalized spacial score (nSPS) is 17.3. The summed E-state index contributed by atoms with van der Waals surface area (Å²) in [4.78, 5) is 23.2. The first kappa shape index (κ1) is 34.3. The number of benzene rings is 5. The zero-order chi connectivity index (χ0) is 35.9. The van der Waals surface area contributed by atoms with Gasteiger partial charge in [0.25, 0.3) is 5.91 Å². The van der Waals surface area contributed by atoms with Crippen LogP contribution in [0.25, 0.3) is 21.6 Å². The molecule has 5 aromatic rings. The Bertz CT molecular complexity index is 2100. The number of methoxy groups -OCH3 is 1. The minimum Gasteiger partial charge on any atom is -0.497 e. The molecular formula is C41H38N6O5. The zero-order valence-corrected chi connectivity index (χ0v) is 28.6. The van der Waals surface area contributed by atoms with Gasteiger partial charge in [-0.05, 0) is 80.9 Å². The summed E-state index contributed by atoms with van der Waals surface area (Å²) < 4.78 is 18.1. The number of rotatable bonds is 14. The Labute approximate surface area is 301 Å². The van der Waals surface area contributed by atoms with Crippen LogP contribution in [0.3, 0.4) is 0 Å². The van der Waals surface area contributed by atoms with Crippen molar-refractivity contribution in [1.82, 2.24) is 10.9 Å². The van der Waals surface area contributed by atoms with Crippen LogP contribution >= 0.6 is 0 Å². The number of hydrazine groups is 1. The van der Waals surface area contributed by atoms with E-state index in [-0.39, 0.29) is 31.5 Å². The maximum Gasteiger partial charge on any atom is 0.266 e. The number of carbonyl (C=O) groups excluding carboxylic acids is 1. The van der Waals surface area contributed by atoms with E-state index < -0.39 is 17.6 Å². The van der Waals surface area contributed by atoms with Crippen LogP contribution in [0.15, 0.2) is 131 Å². The van der Waals surface area contributed by atoms with E-state index in [1.165, 1.54) is 0 Å². The summed E-state index contributed by atoms with van der Waals surface area (Å²) in [6, 6.07) is 38.3. The Morgan fingerprint density at radius 3 is 2.29 bits per heavy atom. The van der Waals surface area contributed by atoms with E-state index in [0.717, 1.165) is 33.4 Å². The number of aliphatic imine (C=N–C) groups is 1. The first-order valence-electron chi connectivity index (χ1n) is 17.1. The second kappa shape index (κ2) is 15.4. The van der Waals surface area contributed by atoms with E-state index in [1.54, 1.807) is 7.11 Å². The summed E-state index contributed by atoms with van der Waals surface area (Å²) in [5.74, 6) is 1.13. The van der Waals surface area contributed by atoms with Gasteiger partial charge in [0.1, 0.15) is 11.5 Å². The molecule has 2 aliphatic rings. The highest BCUT2D eigenvalue weighted by Gasteiger charge is 2.54. The van der Waals surface area contributed by atoms with Crippen LogP contribution in [-0.4, -0.2) is 42.8 Å². The van der Waals surface area contributed by atoms with Gasteiger partial charge in [-0.3, -0.25) is 10.2 Å². The molecule has 0 radical (unpaired) electrons.